The van der Waals surface area contributed by atoms with Crippen molar-refractivity contribution in [1.29, 1.82) is 0 Å². The maximum atomic E-state index is 13.8. The number of rotatable bonds is 5. The Morgan fingerprint density at radius 1 is 1.18 bits per heavy atom. The number of halogens is 2. The first-order chi connectivity index (χ1) is 13.5. The van der Waals surface area contributed by atoms with E-state index < -0.39 is 17.5 Å². The Kier molecular flexibility index (Phi) is 4.60. The zero-order valence-corrected chi connectivity index (χ0v) is 14.9. The third-order valence-electron chi connectivity index (χ3n) is 4.31. The number of nitrogens with zero attached hydrogens (tertiary/aromatic N) is 3. The molecule has 6 nitrogen and oxygen atoms in total. The fraction of sp³-hybridized carbons (Fsp3) is 0.150. The monoisotopic (exact) mass is 382 g/mol. The Morgan fingerprint density at radius 2 is 2.00 bits per heavy atom. The van der Waals surface area contributed by atoms with E-state index in [0.717, 1.165) is 23.0 Å². The molecule has 142 valence electrons. The molecule has 4 aromatic rings. The fourth-order valence-corrected chi connectivity index (χ4v) is 2.99. The van der Waals surface area contributed by atoms with Gasteiger partial charge in [-0.05, 0) is 18.2 Å². The maximum absolute atomic E-state index is 13.8. The van der Waals surface area contributed by atoms with Gasteiger partial charge in [0.1, 0.15) is 18.2 Å². The summed E-state index contributed by atoms with van der Waals surface area (Å²) in [5.74, 6) is -1.09. The van der Waals surface area contributed by atoms with Crippen molar-refractivity contribution in [3.63, 3.8) is 0 Å². The van der Waals surface area contributed by atoms with Crippen molar-refractivity contribution in [1.82, 2.24) is 14.8 Å². The van der Waals surface area contributed by atoms with Crippen LogP contribution in [0.1, 0.15) is 12.8 Å². The van der Waals surface area contributed by atoms with Crippen LogP contribution in [0.15, 0.2) is 53.1 Å². The number of carbonyl (C=O) groups excluding carboxylic acids is 1. The first-order valence-corrected chi connectivity index (χ1v) is 8.70. The van der Waals surface area contributed by atoms with E-state index in [4.69, 9.17) is 4.42 Å². The van der Waals surface area contributed by atoms with Crippen LogP contribution in [-0.2, 0) is 17.8 Å². The van der Waals surface area contributed by atoms with Crippen molar-refractivity contribution < 1.29 is 18.0 Å². The number of fused-ring (bicyclic) bond motifs is 1. The minimum Gasteiger partial charge on any atom is -0.421 e. The lowest BCUT2D eigenvalue weighted by molar-refractivity contribution is -0.116. The third-order valence-corrected chi connectivity index (χ3v) is 4.31. The molecule has 0 fully saturated rings. The molecule has 1 N–H and O–H groups in total. The molecule has 0 bridgehead atoms. The van der Waals surface area contributed by atoms with Gasteiger partial charge in [0.15, 0.2) is 0 Å². The number of hydrogen-bond acceptors (Lipinski definition) is 4. The number of benzene rings is 2. The van der Waals surface area contributed by atoms with Gasteiger partial charge in [-0.25, -0.2) is 8.78 Å². The van der Waals surface area contributed by atoms with Crippen molar-refractivity contribution in [3.8, 4) is 11.5 Å². The van der Waals surface area contributed by atoms with E-state index in [0.29, 0.717) is 23.8 Å². The molecule has 0 saturated heterocycles. The van der Waals surface area contributed by atoms with Crippen LogP contribution in [0.4, 0.5) is 14.5 Å². The number of nitrogens with one attached hydrogen (secondary N) is 1. The number of carbonyl (C=O) groups is 1. The molecular formula is C20H16F2N4O2. The van der Waals surface area contributed by atoms with Crippen LogP contribution in [0.25, 0.3) is 22.4 Å². The standard InChI is InChI=1S/C20H16F2N4O2/c1-2-19-24-25-20(28-19)14-10-26(17-6-4-3-5-13(14)17)11-18(27)23-16-8-7-12(21)9-15(16)22/h3-10H,2,11H2,1H3,(H,23,27). The summed E-state index contributed by atoms with van der Waals surface area (Å²) in [6.07, 6.45) is 2.37. The quantitative estimate of drug-likeness (QED) is 0.562. The smallest absolute Gasteiger partial charge is 0.249 e. The van der Waals surface area contributed by atoms with Gasteiger partial charge in [-0.1, -0.05) is 25.1 Å². The number of amides is 1. The summed E-state index contributed by atoms with van der Waals surface area (Å²) in [7, 11) is 0. The van der Waals surface area contributed by atoms with E-state index in [1.807, 2.05) is 31.2 Å². The Balaban J connectivity index is 1.64. The molecule has 0 aliphatic rings. The van der Waals surface area contributed by atoms with Gasteiger partial charge < -0.3 is 14.3 Å². The van der Waals surface area contributed by atoms with Gasteiger partial charge in [0, 0.05) is 29.6 Å². The van der Waals surface area contributed by atoms with Crippen LogP contribution in [0.2, 0.25) is 0 Å². The molecule has 0 aliphatic heterocycles. The van der Waals surface area contributed by atoms with Gasteiger partial charge in [-0.15, -0.1) is 10.2 Å². The van der Waals surface area contributed by atoms with Crippen LogP contribution in [0.5, 0.6) is 0 Å². The largest absolute Gasteiger partial charge is 0.421 e. The van der Waals surface area contributed by atoms with Crippen LogP contribution in [-0.4, -0.2) is 20.7 Å². The summed E-state index contributed by atoms with van der Waals surface area (Å²) in [6, 6.07) is 10.5. The van der Waals surface area contributed by atoms with Gasteiger partial charge in [-0.2, -0.15) is 0 Å². The number of hydrogen-bond donors (Lipinski definition) is 1. The highest BCUT2D eigenvalue weighted by molar-refractivity contribution is 5.96. The highest BCUT2D eigenvalue weighted by Gasteiger charge is 2.17. The predicted octanol–water partition coefficient (Wildman–Crippen LogP) is 4.17. The van der Waals surface area contributed by atoms with Gasteiger partial charge in [0.25, 0.3) is 0 Å². The normalized spacial score (nSPS) is 11.1. The van der Waals surface area contributed by atoms with E-state index in [1.54, 1.807) is 10.8 Å². The summed E-state index contributed by atoms with van der Waals surface area (Å²) in [6.45, 7) is 1.85. The lowest BCUT2D eigenvalue weighted by atomic mass is 10.2. The number of anilines is 1. The highest BCUT2D eigenvalue weighted by atomic mass is 19.1. The second kappa shape index (κ2) is 7.22. The van der Waals surface area contributed by atoms with Crippen LogP contribution in [0, 0.1) is 11.6 Å². The van der Waals surface area contributed by atoms with E-state index >= 15 is 0 Å². The molecule has 4 rings (SSSR count). The summed E-state index contributed by atoms with van der Waals surface area (Å²) in [5, 5.41) is 11.4. The molecule has 2 aromatic heterocycles. The zero-order chi connectivity index (χ0) is 19.7. The van der Waals surface area contributed by atoms with Crippen LogP contribution >= 0.6 is 0 Å². The third kappa shape index (κ3) is 3.36. The summed E-state index contributed by atoms with van der Waals surface area (Å²) < 4.78 is 34.2. The molecule has 8 heteroatoms. The number of aryl methyl sites for hydroxylation is 1. The van der Waals surface area contributed by atoms with Gasteiger partial charge in [0.05, 0.1) is 11.3 Å². The Labute approximate surface area is 158 Å². The van der Waals surface area contributed by atoms with E-state index in [-0.39, 0.29) is 12.2 Å². The second-order valence-electron chi connectivity index (χ2n) is 6.21. The van der Waals surface area contributed by atoms with Crippen molar-refractivity contribution in [3.05, 3.63) is 66.2 Å². The zero-order valence-electron chi connectivity index (χ0n) is 14.9. The molecule has 2 aromatic carbocycles. The van der Waals surface area contributed by atoms with E-state index in [2.05, 4.69) is 15.5 Å². The molecule has 0 unspecified atom stereocenters. The van der Waals surface area contributed by atoms with Crippen molar-refractivity contribution in [2.24, 2.45) is 0 Å². The molecule has 2 heterocycles. The summed E-state index contributed by atoms with van der Waals surface area (Å²) in [4.78, 5) is 12.4. The number of aromatic nitrogens is 3. The second-order valence-corrected chi connectivity index (χ2v) is 6.21. The van der Waals surface area contributed by atoms with Crippen molar-refractivity contribution in [2.45, 2.75) is 19.9 Å². The molecule has 28 heavy (non-hydrogen) atoms. The first-order valence-electron chi connectivity index (χ1n) is 8.70. The van der Waals surface area contributed by atoms with Crippen molar-refractivity contribution in [2.75, 3.05) is 5.32 Å². The average Bonchev–Trinajstić information content (AvgIpc) is 3.29. The highest BCUT2D eigenvalue weighted by Crippen LogP contribution is 2.30. The molecule has 0 spiro atoms. The first kappa shape index (κ1) is 17.8. The Hall–Kier alpha value is -3.55. The lowest BCUT2D eigenvalue weighted by Gasteiger charge is -2.08. The average molecular weight is 382 g/mol. The number of para-hydroxylation sites is 1. The van der Waals surface area contributed by atoms with Crippen LogP contribution in [0.3, 0.4) is 0 Å². The van der Waals surface area contributed by atoms with Gasteiger partial charge >= 0.3 is 0 Å². The topological polar surface area (TPSA) is 73.0 Å². The minimum absolute atomic E-state index is 0.0634. The summed E-state index contributed by atoms with van der Waals surface area (Å²) in [5.41, 5.74) is 1.43. The van der Waals surface area contributed by atoms with Gasteiger partial charge in [0.2, 0.25) is 17.7 Å². The molecule has 0 atom stereocenters. The van der Waals surface area contributed by atoms with E-state index in [1.165, 1.54) is 6.07 Å². The Bertz CT molecular complexity index is 1170. The molecule has 0 saturated carbocycles. The summed E-state index contributed by atoms with van der Waals surface area (Å²) >= 11 is 0. The van der Waals surface area contributed by atoms with Crippen LogP contribution < -0.4 is 5.32 Å². The predicted molar refractivity (Wildman–Crippen MR) is 99.6 cm³/mol. The molecule has 0 radical (unpaired) electrons. The molecular weight excluding hydrogens is 366 g/mol. The van der Waals surface area contributed by atoms with E-state index in [9.17, 15) is 13.6 Å². The SMILES string of the molecule is CCc1nnc(-c2cn(CC(=O)Nc3ccc(F)cc3F)c3ccccc23)o1. The maximum Gasteiger partial charge on any atom is 0.249 e. The van der Waals surface area contributed by atoms with Crippen molar-refractivity contribution >= 4 is 22.5 Å². The molecule has 0 aliphatic carbocycles. The Morgan fingerprint density at radius 3 is 2.75 bits per heavy atom. The minimum atomic E-state index is -0.829. The lowest BCUT2D eigenvalue weighted by Crippen LogP contribution is -2.19. The fourth-order valence-electron chi connectivity index (χ4n) is 2.99. The molecule has 1 amide bonds. The van der Waals surface area contributed by atoms with Gasteiger partial charge in [-0.3, -0.25) is 4.79 Å².